The predicted molar refractivity (Wildman–Crippen MR) is 61.0 cm³/mol. The lowest BCUT2D eigenvalue weighted by Crippen LogP contribution is -2.10. The standard InChI is InChI=1S/C10H8N2O4S/c1-2-16-10(13)9-6(5-11)3-7(17)4-8(9)12(14)15/h3-4,17H,2H2,1H3. The van der Waals surface area contributed by atoms with Crippen LogP contribution in [-0.2, 0) is 4.74 Å². The number of nitriles is 1. The van der Waals surface area contributed by atoms with Gasteiger partial charge in [-0.2, -0.15) is 5.26 Å². The minimum absolute atomic E-state index is 0.0729. The van der Waals surface area contributed by atoms with E-state index in [-0.39, 0.29) is 22.6 Å². The fraction of sp³-hybridized carbons (Fsp3) is 0.200. The summed E-state index contributed by atoms with van der Waals surface area (Å²) in [5, 5.41) is 19.7. The van der Waals surface area contributed by atoms with Crippen LogP contribution in [0.15, 0.2) is 17.0 Å². The summed E-state index contributed by atoms with van der Waals surface area (Å²) in [5.74, 6) is -0.885. The highest BCUT2D eigenvalue weighted by Gasteiger charge is 2.26. The van der Waals surface area contributed by atoms with E-state index < -0.39 is 16.6 Å². The van der Waals surface area contributed by atoms with E-state index in [1.807, 2.05) is 0 Å². The van der Waals surface area contributed by atoms with E-state index >= 15 is 0 Å². The van der Waals surface area contributed by atoms with E-state index in [9.17, 15) is 14.9 Å². The Labute approximate surface area is 102 Å². The van der Waals surface area contributed by atoms with Gasteiger partial charge in [-0.3, -0.25) is 10.1 Å². The molecule has 0 fully saturated rings. The summed E-state index contributed by atoms with van der Waals surface area (Å²) in [6, 6.07) is 4.10. The first kappa shape index (κ1) is 13.0. The molecule has 6 nitrogen and oxygen atoms in total. The Morgan fingerprint density at radius 3 is 2.76 bits per heavy atom. The molecule has 0 saturated carbocycles. The van der Waals surface area contributed by atoms with Crippen molar-refractivity contribution in [3.05, 3.63) is 33.4 Å². The number of nitrogens with zero attached hydrogens (tertiary/aromatic N) is 2. The van der Waals surface area contributed by atoms with Crippen LogP contribution in [0, 0.1) is 21.4 Å². The van der Waals surface area contributed by atoms with Gasteiger partial charge in [-0.15, -0.1) is 12.6 Å². The number of carbonyl (C=O) groups is 1. The average molecular weight is 252 g/mol. The van der Waals surface area contributed by atoms with Crippen LogP contribution < -0.4 is 0 Å². The van der Waals surface area contributed by atoms with E-state index in [4.69, 9.17) is 5.26 Å². The highest BCUT2D eigenvalue weighted by atomic mass is 32.1. The van der Waals surface area contributed by atoms with Crippen LogP contribution >= 0.6 is 12.6 Å². The zero-order valence-corrected chi connectivity index (χ0v) is 9.73. The van der Waals surface area contributed by atoms with Gasteiger partial charge in [0.05, 0.1) is 17.1 Å². The van der Waals surface area contributed by atoms with Crippen molar-refractivity contribution in [3.63, 3.8) is 0 Å². The monoisotopic (exact) mass is 252 g/mol. The maximum atomic E-state index is 11.6. The second-order valence-electron chi connectivity index (χ2n) is 2.98. The highest BCUT2D eigenvalue weighted by molar-refractivity contribution is 7.80. The molecule has 0 unspecified atom stereocenters. The van der Waals surface area contributed by atoms with E-state index in [0.29, 0.717) is 0 Å². The van der Waals surface area contributed by atoms with Gasteiger partial charge in [-0.1, -0.05) is 0 Å². The van der Waals surface area contributed by atoms with Crippen molar-refractivity contribution in [2.45, 2.75) is 11.8 Å². The molecule has 0 aliphatic carbocycles. The molecule has 88 valence electrons. The van der Waals surface area contributed by atoms with Crippen molar-refractivity contribution in [1.82, 2.24) is 0 Å². The fourth-order valence-corrected chi connectivity index (χ4v) is 1.51. The van der Waals surface area contributed by atoms with Gasteiger partial charge in [0.1, 0.15) is 6.07 Å². The molecule has 0 bridgehead atoms. The number of rotatable bonds is 3. The predicted octanol–water partition coefficient (Wildman–Crippen LogP) is 1.93. The molecule has 7 heteroatoms. The number of carbonyl (C=O) groups excluding carboxylic acids is 1. The number of hydrogen-bond acceptors (Lipinski definition) is 6. The Morgan fingerprint density at radius 1 is 1.65 bits per heavy atom. The maximum Gasteiger partial charge on any atom is 0.346 e. The zero-order chi connectivity index (χ0) is 13.0. The third kappa shape index (κ3) is 2.73. The molecule has 1 rings (SSSR count). The average Bonchev–Trinajstić information content (AvgIpc) is 2.27. The van der Waals surface area contributed by atoms with Crippen molar-refractivity contribution in [1.29, 1.82) is 5.26 Å². The van der Waals surface area contributed by atoms with Crippen molar-refractivity contribution >= 4 is 24.3 Å². The van der Waals surface area contributed by atoms with Gasteiger partial charge < -0.3 is 4.74 Å². The van der Waals surface area contributed by atoms with E-state index in [1.165, 1.54) is 6.07 Å². The lowest BCUT2D eigenvalue weighted by atomic mass is 10.1. The lowest BCUT2D eigenvalue weighted by Gasteiger charge is -2.05. The topological polar surface area (TPSA) is 93.2 Å². The van der Waals surface area contributed by atoms with Crippen molar-refractivity contribution in [2.24, 2.45) is 0 Å². The SMILES string of the molecule is CCOC(=O)c1c(C#N)cc(S)cc1[N+](=O)[O-]. The van der Waals surface area contributed by atoms with Crippen LogP contribution in [0.5, 0.6) is 0 Å². The third-order valence-electron chi connectivity index (χ3n) is 1.90. The second-order valence-corrected chi connectivity index (χ2v) is 3.49. The minimum atomic E-state index is -0.885. The molecule has 1 aromatic rings. The minimum Gasteiger partial charge on any atom is -0.462 e. The Kier molecular flexibility index (Phi) is 4.06. The van der Waals surface area contributed by atoms with E-state index in [2.05, 4.69) is 17.4 Å². The van der Waals surface area contributed by atoms with Gasteiger partial charge in [0.25, 0.3) is 5.69 Å². The van der Waals surface area contributed by atoms with Gasteiger partial charge in [-0.25, -0.2) is 4.79 Å². The zero-order valence-electron chi connectivity index (χ0n) is 8.84. The number of nitro benzene ring substituents is 1. The number of thiol groups is 1. The summed E-state index contributed by atoms with van der Waals surface area (Å²) in [4.78, 5) is 21.9. The van der Waals surface area contributed by atoms with Crippen molar-refractivity contribution in [2.75, 3.05) is 6.61 Å². The Morgan fingerprint density at radius 2 is 2.29 bits per heavy atom. The maximum absolute atomic E-state index is 11.6. The summed E-state index contributed by atoms with van der Waals surface area (Å²) < 4.78 is 4.68. The first-order valence-corrected chi connectivity index (χ1v) is 5.04. The van der Waals surface area contributed by atoms with Gasteiger partial charge in [0, 0.05) is 11.0 Å². The number of esters is 1. The van der Waals surface area contributed by atoms with E-state index in [1.54, 1.807) is 13.0 Å². The highest BCUT2D eigenvalue weighted by Crippen LogP contribution is 2.26. The third-order valence-corrected chi connectivity index (χ3v) is 2.16. The van der Waals surface area contributed by atoms with Gasteiger partial charge in [0.15, 0.2) is 5.56 Å². The number of ether oxygens (including phenoxy) is 1. The van der Waals surface area contributed by atoms with Gasteiger partial charge >= 0.3 is 5.97 Å². The Bertz CT molecular complexity index is 522. The molecule has 0 radical (unpaired) electrons. The molecule has 1 aromatic carbocycles. The second kappa shape index (κ2) is 5.32. The Balaban J connectivity index is 3.48. The largest absolute Gasteiger partial charge is 0.462 e. The first-order chi connectivity index (χ1) is 8.01. The van der Waals surface area contributed by atoms with Crippen molar-refractivity contribution in [3.8, 4) is 6.07 Å². The summed E-state index contributed by atoms with van der Waals surface area (Å²) in [7, 11) is 0. The quantitative estimate of drug-likeness (QED) is 0.384. The number of hydrogen-bond donors (Lipinski definition) is 1. The molecular formula is C10H8N2O4S. The summed E-state index contributed by atoms with van der Waals surface area (Å²) in [5.41, 5.74) is -0.938. The number of nitro groups is 1. The van der Waals surface area contributed by atoms with Crippen LogP contribution in [0.4, 0.5) is 5.69 Å². The van der Waals surface area contributed by atoms with Crippen LogP contribution in [0.2, 0.25) is 0 Å². The molecule has 17 heavy (non-hydrogen) atoms. The normalized spacial score (nSPS) is 9.47. The summed E-state index contributed by atoms with van der Waals surface area (Å²) in [6.07, 6.45) is 0. The first-order valence-electron chi connectivity index (χ1n) is 4.59. The molecule has 0 aliphatic heterocycles. The molecule has 0 atom stereocenters. The summed E-state index contributed by atoms with van der Waals surface area (Å²) in [6.45, 7) is 1.65. The van der Waals surface area contributed by atoms with Gasteiger partial charge in [-0.05, 0) is 13.0 Å². The fourth-order valence-electron chi connectivity index (χ4n) is 1.26. The van der Waals surface area contributed by atoms with Crippen LogP contribution in [0.25, 0.3) is 0 Å². The molecule has 0 N–H and O–H groups in total. The summed E-state index contributed by atoms with van der Waals surface area (Å²) >= 11 is 3.93. The van der Waals surface area contributed by atoms with Crippen LogP contribution in [0.1, 0.15) is 22.8 Å². The lowest BCUT2D eigenvalue weighted by molar-refractivity contribution is -0.385. The van der Waals surface area contributed by atoms with E-state index in [0.717, 1.165) is 6.07 Å². The molecule has 0 aromatic heterocycles. The molecule has 0 saturated heterocycles. The molecule has 0 spiro atoms. The molecule has 0 amide bonds. The Hall–Kier alpha value is -2.07. The number of benzene rings is 1. The van der Waals surface area contributed by atoms with Crippen LogP contribution in [0.3, 0.4) is 0 Å². The van der Waals surface area contributed by atoms with Gasteiger partial charge in [0.2, 0.25) is 0 Å². The smallest absolute Gasteiger partial charge is 0.346 e. The molecule has 0 heterocycles. The molecular weight excluding hydrogens is 244 g/mol. The van der Waals surface area contributed by atoms with Crippen LogP contribution in [-0.4, -0.2) is 17.5 Å². The van der Waals surface area contributed by atoms with Crippen molar-refractivity contribution < 1.29 is 14.5 Å². The molecule has 0 aliphatic rings.